The third-order valence-corrected chi connectivity index (χ3v) is 4.00. The van der Waals surface area contributed by atoms with Gasteiger partial charge in [0.25, 0.3) is 0 Å². The van der Waals surface area contributed by atoms with Crippen LogP contribution in [0.1, 0.15) is 12.0 Å². The summed E-state index contributed by atoms with van der Waals surface area (Å²) in [5.41, 5.74) is 1.01. The number of hydrogen-bond acceptors (Lipinski definition) is 2. The van der Waals surface area contributed by atoms with E-state index in [1.807, 2.05) is 49.1 Å². The van der Waals surface area contributed by atoms with Crippen molar-refractivity contribution >= 4 is 17.6 Å². The summed E-state index contributed by atoms with van der Waals surface area (Å²) in [7, 11) is 2.03. The van der Waals surface area contributed by atoms with Crippen LogP contribution in [0.2, 0.25) is 0 Å². The molecule has 1 aliphatic rings. The Morgan fingerprint density at radius 2 is 2.13 bits per heavy atom. The van der Waals surface area contributed by atoms with Gasteiger partial charge in [0, 0.05) is 24.4 Å². The van der Waals surface area contributed by atoms with Gasteiger partial charge >= 0.3 is 0 Å². The molecule has 1 aliphatic heterocycles. The number of benzene rings is 1. The van der Waals surface area contributed by atoms with Crippen LogP contribution in [0.4, 0.5) is 0 Å². The Bertz CT molecular complexity index is 331. The predicted octanol–water partition coefficient (Wildman–Crippen LogP) is 2.45. The van der Waals surface area contributed by atoms with Gasteiger partial charge in [0.2, 0.25) is 0 Å². The van der Waals surface area contributed by atoms with Crippen molar-refractivity contribution in [3.63, 3.8) is 0 Å². The predicted molar refractivity (Wildman–Crippen MR) is 66.8 cm³/mol. The van der Waals surface area contributed by atoms with Gasteiger partial charge in [0.1, 0.15) is 5.84 Å². The smallest absolute Gasteiger partial charge is 0.128 e. The lowest BCUT2D eigenvalue weighted by Gasteiger charge is -2.26. The highest BCUT2D eigenvalue weighted by molar-refractivity contribution is 7.99. The highest BCUT2D eigenvalue weighted by atomic mass is 32.2. The van der Waals surface area contributed by atoms with Crippen molar-refractivity contribution in [2.45, 2.75) is 12.5 Å². The number of rotatable bonds is 2. The Morgan fingerprint density at radius 3 is 2.73 bits per heavy atom. The van der Waals surface area contributed by atoms with Crippen molar-refractivity contribution in [2.24, 2.45) is 0 Å². The summed E-state index contributed by atoms with van der Waals surface area (Å²) in [6.07, 6.45) is 1.20. The molecule has 1 saturated heterocycles. The largest absolute Gasteiger partial charge is 0.356 e. The highest BCUT2D eigenvalue weighted by Crippen LogP contribution is 2.22. The SMILES string of the molecule is CN(C(=N)c1ccccc1)C1CCSC1. The van der Waals surface area contributed by atoms with E-state index >= 15 is 0 Å². The second-order valence-corrected chi connectivity index (χ2v) is 4.99. The van der Waals surface area contributed by atoms with E-state index in [-0.39, 0.29) is 0 Å². The first-order valence-electron chi connectivity index (χ1n) is 5.23. The van der Waals surface area contributed by atoms with Crippen molar-refractivity contribution < 1.29 is 0 Å². The van der Waals surface area contributed by atoms with Gasteiger partial charge in [-0.15, -0.1) is 0 Å². The second kappa shape index (κ2) is 4.71. The molecule has 0 saturated carbocycles. The first-order chi connectivity index (χ1) is 7.29. The van der Waals surface area contributed by atoms with Gasteiger partial charge < -0.3 is 4.90 Å². The highest BCUT2D eigenvalue weighted by Gasteiger charge is 2.22. The number of nitrogens with zero attached hydrogens (tertiary/aromatic N) is 1. The fourth-order valence-corrected chi connectivity index (χ4v) is 3.08. The number of thioether (sulfide) groups is 1. The van der Waals surface area contributed by atoms with Gasteiger partial charge in [-0.1, -0.05) is 30.3 Å². The molecule has 1 N–H and O–H groups in total. The fraction of sp³-hybridized carbons (Fsp3) is 0.417. The van der Waals surface area contributed by atoms with Crippen molar-refractivity contribution in [1.82, 2.24) is 4.90 Å². The van der Waals surface area contributed by atoms with Crippen molar-refractivity contribution in [2.75, 3.05) is 18.6 Å². The zero-order valence-electron chi connectivity index (χ0n) is 8.94. The Kier molecular flexibility index (Phi) is 3.31. The third kappa shape index (κ3) is 2.34. The Balaban J connectivity index is 2.07. The maximum atomic E-state index is 8.12. The Morgan fingerprint density at radius 1 is 1.40 bits per heavy atom. The molecule has 2 rings (SSSR count). The van der Waals surface area contributed by atoms with Crippen LogP contribution in [0.25, 0.3) is 0 Å². The zero-order chi connectivity index (χ0) is 10.7. The maximum absolute atomic E-state index is 8.12. The van der Waals surface area contributed by atoms with E-state index in [2.05, 4.69) is 4.90 Å². The molecule has 0 aromatic heterocycles. The van der Waals surface area contributed by atoms with Crippen LogP contribution in [-0.2, 0) is 0 Å². The normalized spacial score (nSPS) is 20.2. The minimum atomic E-state index is 0.544. The molecule has 80 valence electrons. The fourth-order valence-electron chi connectivity index (χ4n) is 1.81. The van der Waals surface area contributed by atoms with E-state index in [1.165, 1.54) is 12.2 Å². The van der Waals surface area contributed by atoms with Gasteiger partial charge in [-0.25, -0.2) is 0 Å². The molecule has 0 spiro atoms. The average molecular weight is 220 g/mol. The van der Waals surface area contributed by atoms with Gasteiger partial charge in [0.15, 0.2) is 0 Å². The molecule has 0 aliphatic carbocycles. The van der Waals surface area contributed by atoms with Crippen LogP contribution in [0.15, 0.2) is 30.3 Å². The van der Waals surface area contributed by atoms with Crippen LogP contribution in [0.3, 0.4) is 0 Å². The summed E-state index contributed by atoms with van der Waals surface area (Å²) in [6, 6.07) is 10.5. The standard InChI is InChI=1S/C12H16N2S/c1-14(11-7-8-15-9-11)12(13)10-5-3-2-4-6-10/h2-6,11,13H,7-9H2,1H3. The number of amidine groups is 1. The van der Waals surface area contributed by atoms with Gasteiger partial charge in [-0.05, 0) is 12.2 Å². The van der Waals surface area contributed by atoms with E-state index in [0.717, 1.165) is 11.3 Å². The quantitative estimate of drug-likeness (QED) is 0.612. The van der Waals surface area contributed by atoms with E-state index in [1.54, 1.807) is 0 Å². The molecule has 15 heavy (non-hydrogen) atoms. The van der Waals surface area contributed by atoms with Crippen molar-refractivity contribution in [1.29, 1.82) is 5.41 Å². The Hall–Kier alpha value is -0.960. The summed E-state index contributed by atoms with van der Waals surface area (Å²) in [5.74, 6) is 3.03. The average Bonchev–Trinajstić information content (AvgIpc) is 2.82. The topological polar surface area (TPSA) is 27.1 Å². The maximum Gasteiger partial charge on any atom is 0.128 e. The molecule has 1 unspecified atom stereocenters. The molecule has 2 nitrogen and oxygen atoms in total. The third-order valence-electron chi connectivity index (χ3n) is 2.85. The minimum Gasteiger partial charge on any atom is -0.356 e. The molecular formula is C12H16N2S. The molecule has 0 radical (unpaired) electrons. The lowest BCUT2D eigenvalue weighted by atomic mass is 10.1. The van der Waals surface area contributed by atoms with Crippen LogP contribution in [0.5, 0.6) is 0 Å². The first-order valence-corrected chi connectivity index (χ1v) is 6.39. The van der Waals surface area contributed by atoms with Crippen LogP contribution in [-0.4, -0.2) is 35.3 Å². The van der Waals surface area contributed by atoms with E-state index in [0.29, 0.717) is 11.9 Å². The van der Waals surface area contributed by atoms with Crippen LogP contribution in [0, 0.1) is 5.41 Å². The minimum absolute atomic E-state index is 0.544. The first kappa shape index (κ1) is 10.6. The van der Waals surface area contributed by atoms with Crippen LogP contribution >= 0.6 is 11.8 Å². The molecule has 1 heterocycles. The zero-order valence-corrected chi connectivity index (χ0v) is 9.76. The second-order valence-electron chi connectivity index (χ2n) is 3.84. The van der Waals surface area contributed by atoms with Crippen molar-refractivity contribution in [3.8, 4) is 0 Å². The molecule has 1 fully saturated rings. The monoisotopic (exact) mass is 220 g/mol. The van der Waals surface area contributed by atoms with Gasteiger partial charge in [0.05, 0.1) is 0 Å². The summed E-state index contributed by atoms with van der Waals surface area (Å²) in [4.78, 5) is 2.11. The van der Waals surface area contributed by atoms with E-state index in [9.17, 15) is 0 Å². The van der Waals surface area contributed by atoms with Crippen molar-refractivity contribution in [3.05, 3.63) is 35.9 Å². The van der Waals surface area contributed by atoms with E-state index < -0.39 is 0 Å². The summed E-state index contributed by atoms with van der Waals surface area (Å²) < 4.78 is 0. The lowest BCUT2D eigenvalue weighted by molar-refractivity contribution is 0.396. The molecule has 1 atom stereocenters. The molecule has 0 amide bonds. The summed E-state index contributed by atoms with van der Waals surface area (Å²) in [5, 5.41) is 8.12. The number of hydrogen-bond donors (Lipinski definition) is 1. The van der Waals surface area contributed by atoms with Gasteiger partial charge in [-0.3, -0.25) is 5.41 Å². The van der Waals surface area contributed by atoms with Crippen LogP contribution < -0.4 is 0 Å². The lowest BCUT2D eigenvalue weighted by Crippen LogP contribution is -2.36. The molecule has 1 aromatic rings. The molecule has 0 bridgehead atoms. The van der Waals surface area contributed by atoms with Gasteiger partial charge in [-0.2, -0.15) is 11.8 Å². The molecular weight excluding hydrogens is 204 g/mol. The molecule has 3 heteroatoms. The molecule has 1 aromatic carbocycles. The Labute approximate surface area is 95.2 Å². The summed E-state index contributed by atoms with van der Waals surface area (Å²) in [6.45, 7) is 0. The summed E-state index contributed by atoms with van der Waals surface area (Å²) >= 11 is 1.98. The van der Waals surface area contributed by atoms with E-state index in [4.69, 9.17) is 5.41 Å². The number of nitrogens with one attached hydrogen (secondary N) is 1.